The number of rotatable bonds is 6. The van der Waals surface area contributed by atoms with Crippen LogP contribution in [-0.2, 0) is 16.1 Å². The number of carbonyl (C=O) groups is 4. The molecule has 1 aromatic carbocycles. The molecule has 34 heavy (non-hydrogen) atoms. The highest BCUT2D eigenvalue weighted by atomic mass is 16.5. The van der Waals surface area contributed by atoms with Crippen molar-refractivity contribution in [2.24, 2.45) is 0 Å². The molecule has 1 unspecified atom stereocenters. The number of pyridine rings is 1. The summed E-state index contributed by atoms with van der Waals surface area (Å²) in [6.45, 7) is 0.193. The van der Waals surface area contributed by atoms with Crippen LogP contribution in [0, 0.1) is 0 Å². The van der Waals surface area contributed by atoms with Crippen molar-refractivity contribution in [3.63, 3.8) is 0 Å². The molecule has 1 atom stereocenters. The SMILES string of the molecule is COc1cc(NC(=O)c2ccc3c(c2)CN(C2CCC(=O)NC2=O)C3=O)nc(OC2CCC2)c1. The molecule has 4 amide bonds. The summed E-state index contributed by atoms with van der Waals surface area (Å²) in [7, 11) is 1.53. The summed E-state index contributed by atoms with van der Waals surface area (Å²) in [5.41, 5.74) is 1.44. The number of aromatic nitrogens is 1. The molecule has 0 radical (unpaired) electrons. The van der Waals surface area contributed by atoms with Gasteiger partial charge in [-0.1, -0.05) is 0 Å². The van der Waals surface area contributed by atoms with Crippen molar-refractivity contribution in [3.05, 3.63) is 47.0 Å². The van der Waals surface area contributed by atoms with E-state index >= 15 is 0 Å². The van der Waals surface area contributed by atoms with Crippen LogP contribution in [0.3, 0.4) is 0 Å². The number of benzene rings is 1. The van der Waals surface area contributed by atoms with Gasteiger partial charge in [-0.25, -0.2) is 0 Å². The Labute approximate surface area is 195 Å². The van der Waals surface area contributed by atoms with Crippen molar-refractivity contribution < 1.29 is 28.7 Å². The van der Waals surface area contributed by atoms with Gasteiger partial charge in [0.2, 0.25) is 17.7 Å². The highest BCUT2D eigenvalue weighted by Gasteiger charge is 2.39. The van der Waals surface area contributed by atoms with Gasteiger partial charge in [0.1, 0.15) is 23.7 Å². The summed E-state index contributed by atoms with van der Waals surface area (Å²) in [6, 6.07) is 7.37. The van der Waals surface area contributed by atoms with Crippen molar-refractivity contribution >= 4 is 29.4 Å². The topological polar surface area (TPSA) is 127 Å². The van der Waals surface area contributed by atoms with E-state index in [1.807, 2.05) is 0 Å². The molecule has 3 aliphatic rings. The van der Waals surface area contributed by atoms with Gasteiger partial charge in [-0.2, -0.15) is 4.98 Å². The van der Waals surface area contributed by atoms with Crippen molar-refractivity contribution in [1.82, 2.24) is 15.2 Å². The van der Waals surface area contributed by atoms with E-state index in [1.165, 1.54) is 12.0 Å². The Hall–Kier alpha value is -3.95. The average molecular weight is 464 g/mol. The van der Waals surface area contributed by atoms with Gasteiger partial charge in [0.15, 0.2) is 0 Å². The van der Waals surface area contributed by atoms with E-state index in [9.17, 15) is 19.2 Å². The lowest BCUT2D eigenvalue weighted by molar-refractivity contribution is -0.136. The summed E-state index contributed by atoms with van der Waals surface area (Å²) in [5, 5.41) is 5.04. The predicted octanol–water partition coefficient (Wildman–Crippen LogP) is 2.03. The molecule has 5 rings (SSSR count). The van der Waals surface area contributed by atoms with Gasteiger partial charge in [0.25, 0.3) is 11.8 Å². The average Bonchev–Trinajstić information content (AvgIpc) is 3.11. The lowest BCUT2D eigenvalue weighted by Crippen LogP contribution is -2.52. The third kappa shape index (κ3) is 4.18. The van der Waals surface area contributed by atoms with Gasteiger partial charge in [0, 0.05) is 36.2 Å². The van der Waals surface area contributed by atoms with Crippen LogP contribution in [-0.4, -0.2) is 52.8 Å². The number of ether oxygens (including phenoxy) is 2. The molecule has 1 saturated carbocycles. The first-order chi connectivity index (χ1) is 16.4. The largest absolute Gasteiger partial charge is 0.496 e. The number of hydrogen-bond acceptors (Lipinski definition) is 7. The molecule has 1 aliphatic carbocycles. The first kappa shape index (κ1) is 21.9. The van der Waals surface area contributed by atoms with E-state index in [-0.39, 0.29) is 37.3 Å². The normalized spacial score (nSPS) is 19.9. The number of methoxy groups -OCH3 is 1. The lowest BCUT2D eigenvalue weighted by atomic mass is 9.96. The zero-order valence-corrected chi connectivity index (χ0v) is 18.6. The maximum atomic E-state index is 12.9. The fourth-order valence-electron chi connectivity index (χ4n) is 4.29. The summed E-state index contributed by atoms with van der Waals surface area (Å²) >= 11 is 0. The quantitative estimate of drug-likeness (QED) is 0.626. The first-order valence-corrected chi connectivity index (χ1v) is 11.2. The van der Waals surface area contributed by atoms with E-state index in [0.29, 0.717) is 34.1 Å². The van der Waals surface area contributed by atoms with Crippen LogP contribution in [0.15, 0.2) is 30.3 Å². The number of nitrogens with one attached hydrogen (secondary N) is 2. The summed E-state index contributed by atoms with van der Waals surface area (Å²) in [5.74, 6) is -0.303. The smallest absolute Gasteiger partial charge is 0.256 e. The molecule has 10 heteroatoms. The number of imide groups is 1. The summed E-state index contributed by atoms with van der Waals surface area (Å²) < 4.78 is 11.1. The van der Waals surface area contributed by atoms with Crippen molar-refractivity contribution in [1.29, 1.82) is 0 Å². The molecule has 10 nitrogen and oxygen atoms in total. The van der Waals surface area contributed by atoms with Crippen LogP contribution in [0.5, 0.6) is 11.6 Å². The summed E-state index contributed by atoms with van der Waals surface area (Å²) in [4.78, 5) is 55.3. The van der Waals surface area contributed by atoms with Gasteiger partial charge in [-0.3, -0.25) is 24.5 Å². The van der Waals surface area contributed by atoms with Gasteiger partial charge in [-0.15, -0.1) is 0 Å². The van der Waals surface area contributed by atoms with E-state index in [2.05, 4.69) is 15.6 Å². The lowest BCUT2D eigenvalue weighted by Gasteiger charge is -2.29. The standard InChI is InChI=1S/C24H24N4O6/c1-33-16-10-19(25-21(11-16)34-15-3-2-4-15)26-22(30)13-5-6-17-14(9-13)12-28(24(17)32)18-7-8-20(29)27-23(18)31/h5-6,9-11,15,18H,2-4,7-8,12H2,1H3,(H,25,26,30)(H,27,29,31). The Morgan fingerprint density at radius 1 is 1.15 bits per heavy atom. The van der Waals surface area contributed by atoms with Crippen LogP contribution in [0.4, 0.5) is 5.82 Å². The zero-order valence-electron chi connectivity index (χ0n) is 18.6. The minimum absolute atomic E-state index is 0.129. The highest BCUT2D eigenvalue weighted by Crippen LogP contribution is 2.30. The van der Waals surface area contributed by atoms with Crippen LogP contribution in [0.25, 0.3) is 0 Å². The molecule has 1 saturated heterocycles. The monoisotopic (exact) mass is 464 g/mol. The third-order valence-corrected chi connectivity index (χ3v) is 6.38. The molecule has 1 aromatic heterocycles. The minimum Gasteiger partial charge on any atom is -0.496 e. The van der Waals surface area contributed by atoms with E-state index in [4.69, 9.17) is 9.47 Å². The molecule has 0 spiro atoms. The Morgan fingerprint density at radius 2 is 1.97 bits per heavy atom. The highest BCUT2D eigenvalue weighted by molar-refractivity contribution is 6.07. The number of piperidine rings is 1. The molecule has 2 aromatic rings. The molecule has 2 fully saturated rings. The maximum Gasteiger partial charge on any atom is 0.256 e. The number of carbonyl (C=O) groups excluding carboxylic acids is 4. The second-order valence-electron chi connectivity index (χ2n) is 8.63. The number of hydrogen-bond donors (Lipinski definition) is 2. The second-order valence-corrected chi connectivity index (χ2v) is 8.63. The number of anilines is 1. The van der Waals surface area contributed by atoms with Crippen molar-refractivity contribution in [3.8, 4) is 11.6 Å². The Morgan fingerprint density at radius 3 is 2.68 bits per heavy atom. The third-order valence-electron chi connectivity index (χ3n) is 6.38. The fraction of sp³-hybridized carbons (Fsp3) is 0.375. The number of fused-ring (bicyclic) bond motifs is 1. The fourth-order valence-corrected chi connectivity index (χ4v) is 4.29. The molecule has 2 N–H and O–H groups in total. The maximum absolute atomic E-state index is 12.9. The van der Waals surface area contributed by atoms with Gasteiger partial charge in [0.05, 0.1) is 7.11 Å². The Bertz CT molecular complexity index is 1190. The zero-order chi connectivity index (χ0) is 23.8. The molecule has 2 aliphatic heterocycles. The van der Waals surface area contributed by atoms with Crippen LogP contribution in [0.2, 0.25) is 0 Å². The molecular weight excluding hydrogens is 440 g/mol. The molecule has 0 bridgehead atoms. The van der Waals surface area contributed by atoms with Crippen LogP contribution < -0.4 is 20.1 Å². The van der Waals surface area contributed by atoms with E-state index < -0.39 is 17.9 Å². The molecular formula is C24H24N4O6. The Balaban J connectivity index is 1.31. The van der Waals surface area contributed by atoms with Gasteiger partial charge < -0.3 is 19.7 Å². The number of amides is 4. The van der Waals surface area contributed by atoms with Crippen molar-refractivity contribution in [2.75, 3.05) is 12.4 Å². The minimum atomic E-state index is -0.704. The molecule has 3 heterocycles. The van der Waals surface area contributed by atoms with Crippen LogP contribution >= 0.6 is 0 Å². The first-order valence-electron chi connectivity index (χ1n) is 11.2. The van der Waals surface area contributed by atoms with E-state index in [0.717, 1.165) is 19.3 Å². The van der Waals surface area contributed by atoms with E-state index in [1.54, 1.807) is 30.3 Å². The predicted molar refractivity (Wildman–Crippen MR) is 119 cm³/mol. The van der Waals surface area contributed by atoms with Crippen LogP contribution in [0.1, 0.15) is 58.4 Å². The summed E-state index contributed by atoms with van der Waals surface area (Å²) in [6.07, 6.45) is 3.67. The second kappa shape index (κ2) is 8.77. The van der Waals surface area contributed by atoms with Gasteiger partial charge >= 0.3 is 0 Å². The molecule has 176 valence electrons. The Kier molecular flexibility index (Phi) is 5.64. The number of nitrogens with zero attached hydrogens (tertiary/aromatic N) is 2. The van der Waals surface area contributed by atoms with Gasteiger partial charge in [-0.05, 0) is 49.4 Å². The van der Waals surface area contributed by atoms with Crippen molar-refractivity contribution in [2.45, 2.75) is 50.8 Å².